The van der Waals surface area contributed by atoms with Crippen molar-refractivity contribution in [2.24, 2.45) is 5.92 Å². The minimum absolute atomic E-state index is 0.0502. The van der Waals surface area contributed by atoms with E-state index < -0.39 is 5.97 Å². The van der Waals surface area contributed by atoms with Crippen molar-refractivity contribution in [2.75, 3.05) is 17.2 Å². The quantitative estimate of drug-likeness (QED) is 0.679. The third-order valence-electron chi connectivity index (χ3n) is 2.65. The van der Waals surface area contributed by atoms with Crippen molar-refractivity contribution in [2.45, 2.75) is 33.1 Å². The average Bonchev–Trinajstić information content (AvgIpc) is 2.38. The van der Waals surface area contributed by atoms with Crippen molar-refractivity contribution < 1.29 is 14.7 Å². The lowest BCUT2D eigenvalue weighted by atomic mass is 10.1. The lowest BCUT2D eigenvalue weighted by Gasteiger charge is -2.09. The first-order valence-corrected chi connectivity index (χ1v) is 6.69. The Balaban J connectivity index is 2.38. The van der Waals surface area contributed by atoms with Crippen molar-refractivity contribution in [3.05, 3.63) is 18.3 Å². The highest BCUT2D eigenvalue weighted by atomic mass is 16.4. The number of hydrogen-bond acceptors (Lipinski definition) is 4. The molecule has 0 aliphatic carbocycles. The van der Waals surface area contributed by atoms with Crippen LogP contribution in [0.25, 0.3) is 0 Å². The summed E-state index contributed by atoms with van der Waals surface area (Å²) in [6.45, 7) is 5.20. The molecule has 6 heteroatoms. The number of aliphatic carboxylic acids is 1. The molecule has 0 bridgehead atoms. The number of carbonyl (C=O) groups is 2. The largest absolute Gasteiger partial charge is 0.481 e. The Labute approximate surface area is 118 Å². The molecule has 0 aliphatic heterocycles. The van der Waals surface area contributed by atoms with Crippen LogP contribution < -0.4 is 10.6 Å². The number of nitrogens with one attached hydrogen (secondary N) is 2. The summed E-state index contributed by atoms with van der Waals surface area (Å²) in [7, 11) is 0. The van der Waals surface area contributed by atoms with E-state index in [-0.39, 0.29) is 18.7 Å². The molecule has 0 atom stereocenters. The van der Waals surface area contributed by atoms with Crippen LogP contribution in [0.1, 0.15) is 33.1 Å². The summed E-state index contributed by atoms with van der Waals surface area (Å²) >= 11 is 0. The summed E-state index contributed by atoms with van der Waals surface area (Å²) in [6.07, 6.45) is 2.49. The van der Waals surface area contributed by atoms with Crippen molar-refractivity contribution in [1.29, 1.82) is 0 Å². The SMILES string of the molecule is CC(C)CCNc1ccc(NC(=O)CCC(=O)O)nc1. The van der Waals surface area contributed by atoms with Crippen LogP contribution in [0, 0.1) is 5.92 Å². The molecule has 0 unspecified atom stereocenters. The number of carboxylic acid groups (broad SMARTS) is 1. The molecule has 0 fully saturated rings. The molecule has 110 valence electrons. The van der Waals surface area contributed by atoms with E-state index in [1.807, 2.05) is 6.07 Å². The summed E-state index contributed by atoms with van der Waals surface area (Å²) in [5.41, 5.74) is 0.897. The predicted octanol–water partition coefficient (Wildman–Crippen LogP) is 2.34. The van der Waals surface area contributed by atoms with Crippen molar-refractivity contribution >= 4 is 23.4 Å². The summed E-state index contributed by atoms with van der Waals surface area (Å²) in [4.78, 5) is 25.9. The molecular weight excluding hydrogens is 258 g/mol. The van der Waals surface area contributed by atoms with Gasteiger partial charge < -0.3 is 15.7 Å². The molecule has 1 heterocycles. The highest BCUT2D eigenvalue weighted by molar-refractivity contribution is 5.91. The first-order valence-electron chi connectivity index (χ1n) is 6.69. The molecule has 1 aromatic rings. The van der Waals surface area contributed by atoms with Crippen LogP contribution in [0.3, 0.4) is 0 Å². The van der Waals surface area contributed by atoms with Gasteiger partial charge in [0.25, 0.3) is 0 Å². The maximum Gasteiger partial charge on any atom is 0.303 e. The maximum absolute atomic E-state index is 11.4. The average molecular weight is 279 g/mol. The number of amides is 1. The fraction of sp³-hybridized carbons (Fsp3) is 0.500. The van der Waals surface area contributed by atoms with Crippen LogP contribution in [0.2, 0.25) is 0 Å². The van der Waals surface area contributed by atoms with Gasteiger partial charge in [-0.2, -0.15) is 0 Å². The fourth-order valence-corrected chi connectivity index (χ4v) is 1.50. The van der Waals surface area contributed by atoms with E-state index in [1.54, 1.807) is 12.3 Å². The number of rotatable bonds is 8. The Morgan fingerprint density at radius 1 is 1.30 bits per heavy atom. The lowest BCUT2D eigenvalue weighted by Crippen LogP contribution is -2.14. The highest BCUT2D eigenvalue weighted by Crippen LogP contribution is 2.11. The van der Waals surface area contributed by atoms with Gasteiger partial charge in [-0.15, -0.1) is 0 Å². The Hall–Kier alpha value is -2.11. The molecule has 1 amide bonds. The van der Waals surface area contributed by atoms with Gasteiger partial charge in [-0.3, -0.25) is 9.59 Å². The van der Waals surface area contributed by atoms with E-state index in [9.17, 15) is 9.59 Å². The molecule has 20 heavy (non-hydrogen) atoms. The molecule has 0 saturated heterocycles. The summed E-state index contributed by atoms with van der Waals surface area (Å²) in [5, 5.41) is 14.3. The second kappa shape index (κ2) is 8.14. The third kappa shape index (κ3) is 6.72. The number of hydrogen-bond donors (Lipinski definition) is 3. The van der Waals surface area contributed by atoms with Crippen molar-refractivity contribution in [1.82, 2.24) is 4.98 Å². The van der Waals surface area contributed by atoms with Gasteiger partial charge in [0.2, 0.25) is 5.91 Å². The molecule has 6 nitrogen and oxygen atoms in total. The molecule has 0 aliphatic rings. The van der Waals surface area contributed by atoms with Gasteiger partial charge >= 0.3 is 5.97 Å². The number of carboxylic acids is 1. The number of anilines is 2. The van der Waals surface area contributed by atoms with Gasteiger partial charge in [-0.1, -0.05) is 13.8 Å². The van der Waals surface area contributed by atoms with Crippen LogP contribution in [0.4, 0.5) is 11.5 Å². The molecule has 3 N–H and O–H groups in total. The molecule has 0 spiro atoms. The first kappa shape index (κ1) is 15.9. The molecule has 0 saturated carbocycles. The van der Waals surface area contributed by atoms with Gasteiger partial charge in [0, 0.05) is 13.0 Å². The van der Waals surface area contributed by atoms with Crippen LogP contribution in [-0.2, 0) is 9.59 Å². The normalized spacial score (nSPS) is 10.3. The second-order valence-electron chi connectivity index (χ2n) is 4.98. The number of nitrogens with zero attached hydrogens (tertiary/aromatic N) is 1. The van der Waals surface area contributed by atoms with Crippen molar-refractivity contribution in [3.8, 4) is 0 Å². The first-order chi connectivity index (χ1) is 9.47. The van der Waals surface area contributed by atoms with Gasteiger partial charge in [-0.05, 0) is 24.5 Å². The van der Waals surface area contributed by atoms with E-state index in [4.69, 9.17) is 5.11 Å². The molecule has 0 aromatic carbocycles. The minimum atomic E-state index is -0.988. The fourth-order valence-electron chi connectivity index (χ4n) is 1.50. The van der Waals surface area contributed by atoms with Gasteiger partial charge in [0.05, 0.1) is 18.3 Å². The Morgan fingerprint density at radius 2 is 2.05 bits per heavy atom. The van der Waals surface area contributed by atoms with Gasteiger partial charge in [0.15, 0.2) is 0 Å². The van der Waals surface area contributed by atoms with Crippen LogP contribution in [0.5, 0.6) is 0 Å². The monoisotopic (exact) mass is 279 g/mol. The summed E-state index contributed by atoms with van der Waals surface area (Å²) in [5.74, 6) is -0.267. The van der Waals surface area contributed by atoms with Gasteiger partial charge in [-0.25, -0.2) is 4.98 Å². The molecular formula is C14H21N3O3. The van der Waals surface area contributed by atoms with Gasteiger partial charge in [0.1, 0.15) is 5.82 Å². The molecule has 1 aromatic heterocycles. The zero-order valence-corrected chi connectivity index (χ0v) is 11.8. The lowest BCUT2D eigenvalue weighted by molar-refractivity contribution is -0.138. The van der Waals surface area contributed by atoms with Crippen molar-refractivity contribution in [3.63, 3.8) is 0 Å². The molecule has 0 radical (unpaired) electrons. The summed E-state index contributed by atoms with van der Waals surface area (Å²) < 4.78 is 0. The second-order valence-corrected chi connectivity index (χ2v) is 4.98. The smallest absolute Gasteiger partial charge is 0.303 e. The number of carbonyl (C=O) groups excluding carboxylic acids is 1. The Morgan fingerprint density at radius 3 is 2.60 bits per heavy atom. The highest BCUT2D eigenvalue weighted by Gasteiger charge is 2.06. The minimum Gasteiger partial charge on any atom is -0.481 e. The van der Waals surface area contributed by atoms with Crippen LogP contribution in [0.15, 0.2) is 18.3 Å². The predicted molar refractivity (Wildman–Crippen MR) is 77.7 cm³/mol. The van der Waals surface area contributed by atoms with E-state index in [2.05, 4.69) is 29.5 Å². The van der Waals surface area contributed by atoms with E-state index in [1.165, 1.54) is 0 Å². The number of pyridine rings is 1. The summed E-state index contributed by atoms with van der Waals surface area (Å²) in [6, 6.07) is 3.52. The topological polar surface area (TPSA) is 91.3 Å². The van der Waals surface area contributed by atoms with E-state index in [0.29, 0.717) is 11.7 Å². The van der Waals surface area contributed by atoms with Crippen LogP contribution in [-0.4, -0.2) is 28.5 Å². The Bertz CT molecular complexity index is 443. The zero-order chi connectivity index (χ0) is 15.0. The van der Waals surface area contributed by atoms with Crippen LogP contribution >= 0.6 is 0 Å². The van der Waals surface area contributed by atoms with E-state index >= 15 is 0 Å². The third-order valence-corrected chi connectivity index (χ3v) is 2.65. The zero-order valence-electron chi connectivity index (χ0n) is 11.8. The number of aromatic nitrogens is 1. The maximum atomic E-state index is 11.4. The standard InChI is InChI=1S/C14H21N3O3/c1-10(2)7-8-15-11-3-4-12(16-9-11)17-13(18)5-6-14(19)20/h3-4,9-10,15H,5-8H2,1-2H3,(H,19,20)(H,16,17,18). The van der Waals surface area contributed by atoms with E-state index in [0.717, 1.165) is 18.7 Å². The Kier molecular flexibility index (Phi) is 6.49. The molecule has 1 rings (SSSR count).